The Morgan fingerprint density at radius 2 is 1.39 bits per heavy atom. The summed E-state index contributed by atoms with van der Waals surface area (Å²) >= 11 is 0. The second-order valence-corrected chi connectivity index (χ2v) is 13.5. The fourth-order valence-electron chi connectivity index (χ4n) is 4.47. The zero-order chi connectivity index (χ0) is 27.7. The molecule has 38 heavy (non-hydrogen) atoms. The lowest BCUT2D eigenvalue weighted by Crippen LogP contribution is -2.38. The molecule has 3 aromatic carbocycles. The quantitative estimate of drug-likeness (QED) is 0.422. The number of nitrogens with one attached hydrogen (secondary N) is 2. The zero-order valence-corrected chi connectivity index (χ0v) is 23.6. The number of rotatable bonds is 7. The van der Waals surface area contributed by atoms with Gasteiger partial charge in [-0.25, -0.2) is 16.8 Å². The first-order chi connectivity index (χ1) is 17.9. The van der Waals surface area contributed by atoms with Gasteiger partial charge in [-0.05, 0) is 92.6 Å². The molecule has 1 saturated heterocycles. The van der Waals surface area contributed by atoms with Gasteiger partial charge in [-0.15, -0.1) is 0 Å². The summed E-state index contributed by atoms with van der Waals surface area (Å²) in [4.78, 5) is 13.2. The first kappa shape index (κ1) is 27.8. The molecule has 4 rings (SSSR count). The highest BCUT2D eigenvalue weighted by Crippen LogP contribution is 2.27. The van der Waals surface area contributed by atoms with E-state index in [-0.39, 0.29) is 15.4 Å². The molecule has 0 saturated carbocycles. The van der Waals surface area contributed by atoms with Crippen LogP contribution in [0, 0.1) is 26.7 Å². The van der Waals surface area contributed by atoms with E-state index in [4.69, 9.17) is 0 Å². The van der Waals surface area contributed by atoms with Crippen LogP contribution in [0.3, 0.4) is 0 Å². The normalized spacial score (nSPS) is 15.3. The smallest absolute Gasteiger partial charge is 0.261 e. The minimum absolute atomic E-state index is 0.0540. The van der Waals surface area contributed by atoms with Crippen LogP contribution in [0.4, 0.5) is 11.4 Å². The van der Waals surface area contributed by atoms with Crippen molar-refractivity contribution in [3.63, 3.8) is 0 Å². The predicted octanol–water partition coefficient (Wildman–Crippen LogP) is 5.09. The van der Waals surface area contributed by atoms with Crippen LogP contribution in [0.2, 0.25) is 0 Å². The third-order valence-electron chi connectivity index (χ3n) is 6.97. The summed E-state index contributed by atoms with van der Waals surface area (Å²) in [6.45, 7) is 8.45. The Labute approximate surface area is 225 Å². The Kier molecular flexibility index (Phi) is 7.96. The van der Waals surface area contributed by atoms with Crippen LogP contribution in [-0.2, 0) is 20.0 Å². The highest BCUT2D eigenvalue weighted by Gasteiger charge is 2.29. The maximum absolute atomic E-state index is 13.2. The summed E-state index contributed by atoms with van der Waals surface area (Å²) in [6, 6.07) is 15.9. The fraction of sp³-hybridized carbons (Fsp3) is 0.321. The highest BCUT2D eigenvalue weighted by molar-refractivity contribution is 7.92. The molecule has 1 amide bonds. The number of anilines is 2. The van der Waals surface area contributed by atoms with Gasteiger partial charge < -0.3 is 5.32 Å². The van der Waals surface area contributed by atoms with E-state index in [0.29, 0.717) is 35.9 Å². The van der Waals surface area contributed by atoms with E-state index in [1.54, 1.807) is 13.0 Å². The van der Waals surface area contributed by atoms with E-state index in [1.165, 1.54) is 40.7 Å². The third-order valence-corrected chi connectivity index (χ3v) is 10.2. The monoisotopic (exact) mass is 555 g/mol. The van der Waals surface area contributed by atoms with Gasteiger partial charge >= 0.3 is 0 Å². The minimum Gasteiger partial charge on any atom is -0.322 e. The molecule has 1 fully saturated rings. The number of nitrogens with zero attached hydrogens (tertiary/aromatic N) is 1. The van der Waals surface area contributed by atoms with E-state index in [1.807, 2.05) is 32.0 Å². The average Bonchev–Trinajstić information content (AvgIpc) is 2.87. The van der Waals surface area contributed by atoms with E-state index < -0.39 is 26.0 Å². The summed E-state index contributed by atoms with van der Waals surface area (Å²) in [5, 5.41) is 2.75. The molecule has 0 atom stereocenters. The molecular weight excluding hydrogens is 522 g/mol. The lowest BCUT2D eigenvalue weighted by molar-refractivity contribution is 0.102. The summed E-state index contributed by atoms with van der Waals surface area (Å²) in [5.74, 6) is 0.0145. The van der Waals surface area contributed by atoms with Crippen molar-refractivity contribution >= 4 is 37.3 Å². The number of carbonyl (C=O) groups excluding carboxylic acids is 1. The zero-order valence-electron chi connectivity index (χ0n) is 22.0. The molecular formula is C28H33N3O5S2. The molecule has 202 valence electrons. The van der Waals surface area contributed by atoms with Crippen molar-refractivity contribution in [1.82, 2.24) is 4.31 Å². The molecule has 8 nitrogen and oxygen atoms in total. The average molecular weight is 556 g/mol. The maximum atomic E-state index is 13.2. The number of hydrogen-bond donors (Lipinski definition) is 2. The Morgan fingerprint density at radius 3 is 2.00 bits per heavy atom. The minimum atomic E-state index is -3.83. The van der Waals surface area contributed by atoms with Gasteiger partial charge in [0.15, 0.2) is 0 Å². The Balaban J connectivity index is 1.51. The van der Waals surface area contributed by atoms with Gasteiger partial charge in [-0.3, -0.25) is 9.52 Å². The summed E-state index contributed by atoms with van der Waals surface area (Å²) < 4.78 is 56.3. The van der Waals surface area contributed by atoms with Gasteiger partial charge in [0.05, 0.1) is 15.5 Å². The summed E-state index contributed by atoms with van der Waals surface area (Å²) in [5.41, 5.74) is 3.42. The number of aryl methyl sites for hydroxylation is 3. The number of amides is 1. The summed E-state index contributed by atoms with van der Waals surface area (Å²) in [6.07, 6.45) is 1.62. The standard InChI is InChI=1S/C28H33N3O5S2/c1-19-14-16-31(17-15-19)38(35,36)25-11-8-20(2)26(18-25)28(32)29-23-9-12-24(13-10-23)37(33,34)30-27-21(3)6-5-7-22(27)4/h5-13,18-19,30H,14-17H2,1-4H3,(H,29,32). The molecule has 1 aliphatic rings. The molecule has 0 aliphatic carbocycles. The van der Waals surface area contributed by atoms with Crippen molar-refractivity contribution in [2.75, 3.05) is 23.1 Å². The molecule has 1 aliphatic heterocycles. The van der Waals surface area contributed by atoms with Gasteiger partial charge in [0.2, 0.25) is 10.0 Å². The van der Waals surface area contributed by atoms with Crippen molar-refractivity contribution in [2.45, 2.75) is 50.3 Å². The number of benzene rings is 3. The Morgan fingerprint density at radius 1 is 0.816 bits per heavy atom. The third kappa shape index (κ3) is 5.92. The topological polar surface area (TPSA) is 113 Å². The lowest BCUT2D eigenvalue weighted by atomic mass is 10.0. The molecule has 3 aromatic rings. The SMILES string of the molecule is Cc1ccc(S(=O)(=O)N2CCC(C)CC2)cc1C(=O)Nc1ccc(S(=O)(=O)Nc2c(C)cccc2C)cc1. The van der Waals surface area contributed by atoms with E-state index in [9.17, 15) is 21.6 Å². The van der Waals surface area contributed by atoms with Crippen molar-refractivity contribution < 1.29 is 21.6 Å². The molecule has 0 spiro atoms. The predicted molar refractivity (Wildman–Crippen MR) is 149 cm³/mol. The number of sulfonamides is 2. The maximum Gasteiger partial charge on any atom is 0.261 e. The molecule has 0 bridgehead atoms. The van der Waals surface area contributed by atoms with Gasteiger partial charge in [-0.2, -0.15) is 4.31 Å². The van der Waals surface area contributed by atoms with Crippen molar-refractivity contribution in [2.24, 2.45) is 5.92 Å². The Bertz CT molecular complexity index is 1540. The molecule has 2 N–H and O–H groups in total. The van der Waals surface area contributed by atoms with Crippen molar-refractivity contribution in [3.05, 3.63) is 82.9 Å². The first-order valence-corrected chi connectivity index (χ1v) is 15.4. The van der Waals surface area contributed by atoms with Crippen LogP contribution < -0.4 is 10.0 Å². The van der Waals surface area contributed by atoms with Gasteiger partial charge in [0.1, 0.15) is 0 Å². The molecule has 0 unspecified atom stereocenters. The van der Waals surface area contributed by atoms with Crippen LogP contribution in [0.5, 0.6) is 0 Å². The Hall–Kier alpha value is -3.21. The van der Waals surface area contributed by atoms with E-state index in [0.717, 1.165) is 24.0 Å². The van der Waals surface area contributed by atoms with Crippen LogP contribution in [-0.4, -0.2) is 40.1 Å². The van der Waals surface area contributed by atoms with Gasteiger partial charge in [0, 0.05) is 24.3 Å². The number of carbonyl (C=O) groups is 1. The van der Waals surface area contributed by atoms with Crippen LogP contribution in [0.15, 0.2) is 70.5 Å². The van der Waals surface area contributed by atoms with E-state index in [2.05, 4.69) is 17.0 Å². The number of para-hydroxylation sites is 1. The van der Waals surface area contributed by atoms with Crippen molar-refractivity contribution in [1.29, 1.82) is 0 Å². The van der Waals surface area contributed by atoms with Crippen molar-refractivity contribution in [3.8, 4) is 0 Å². The molecule has 0 aromatic heterocycles. The van der Waals surface area contributed by atoms with Crippen LogP contribution in [0.25, 0.3) is 0 Å². The van der Waals surface area contributed by atoms with Crippen LogP contribution >= 0.6 is 0 Å². The van der Waals surface area contributed by atoms with E-state index >= 15 is 0 Å². The largest absolute Gasteiger partial charge is 0.322 e. The molecule has 10 heteroatoms. The number of piperidine rings is 1. The van der Waals surface area contributed by atoms with Gasteiger partial charge in [-0.1, -0.05) is 31.2 Å². The second-order valence-electron chi connectivity index (χ2n) is 9.91. The van der Waals surface area contributed by atoms with Gasteiger partial charge in [0.25, 0.3) is 15.9 Å². The van der Waals surface area contributed by atoms with Crippen LogP contribution in [0.1, 0.15) is 46.8 Å². The fourth-order valence-corrected chi connectivity index (χ4v) is 7.16. The summed E-state index contributed by atoms with van der Waals surface area (Å²) in [7, 11) is -7.54. The lowest BCUT2D eigenvalue weighted by Gasteiger charge is -2.29. The number of hydrogen-bond acceptors (Lipinski definition) is 5. The first-order valence-electron chi connectivity index (χ1n) is 12.5. The second kappa shape index (κ2) is 10.9. The molecule has 0 radical (unpaired) electrons. The highest BCUT2D eigenvalue weighted by atomic mass is 32.2. The molecule has 1 heterocycles.